The number of rotatable bonds is 5. The Kier molecular flexibility index (Phi) is 4.70. The molecule has 1 heterocycles. The molecule has 0 amide bonds. The van der Waals surface area contributed by atoms with Gasteiger partial charge in [0, 0.05) is 25.8 Å². The number of hydrogen-bond donors (Lipinski definition) is 1. The van der Waals surface area contributed by atoms with Gasteiger partial charge in [-0.15, -0.1) is 0 Å². The second-order valence-electron chi connectivity index (χ2n) is 3.11. The molecular formula is C10H16ClN3. The van der Waals surface area contributed by atoms with Gasteiger partial charge in [-0.3, -0.25) is 0 Å². The number of pyridine rings is 1. The van der Waals surface area contributed by atoms with Gasteiger partial charge in [0.05, 0.1) is 5.02 Å². The van der Waals surface area contributed by atoms with Crippen molar-refractivity contribution in [2.75, 3.05) is 24.5 Å². The maximum absolute atomic E-state index is 5.76. The van der Waals surface area contributed by atoms with Crippen LogP contribution in [0.15, 0.2) is 18.3 Å². The van der Waals surface area contributed by atoms with Crippen molar-refractivity contribution in [3.05, 3.63) is 23.4 Å². The van der Waals surface area contributed by atoms with Gasteiger partial charge in [-0.2, -0.15) is 0 Å². The molecule has 0 unspecified atom stereocenters. The van der Waals surface area contributed by atoms with Gasteiger partial charge in [0.2, 0.25) is 0 Å². The zero-order valence-corrected chi connectivity index (χ0v) is 9.17. The maximum atomic E-state index is 5.76. The topological polar surface area (TPSA) is 42.1 Å². The molecule has 0 fully saturated rings. The Morgan fingerprint density at radius 3 is 2.71 bits per heavy atom. The Morgan fingerprint density at radius 1 is 1.43 bits per heavy atom. The number of halogens is 1. The van der Waals surface area contributed by atoms with Gasteiger partial charge in [-0.25, -0.2) is 4.98 Å². The summed E-state index contributed by atoms with van der Waals surface area (Å²) in [5, 5.41) is 0.665. The summed E-state index contributed by atoms with van der Waals surface area (Å²) >= 11 is 5.76. The molecule has 3 nitrogen and oxygen atoms in total. The first-order valence-electron chi connectivity index (χ1n) is 4.84. The molecule has 0 aromatic carbocycles. The predicted molar refractivity (Wildman–Crippen MR) is 60.8 cm³/mol. The zero-order chi connectivity index (χ0) is 10.4. The summed E-state index contributed by atoms with van der Waals surface area (Å²) in [7, 11) is 0. The van der Waals surface area contributed by atoms with Gasteiger partial charge in [-0.05, 0) is 18.6 Å². The molecule has 14 heavy (non-hydrogen) atoms. The second-order valence-corrected chi connectivity index (χ2v) is 3.55. The van der Waals surface area contributed by atoms with E-state index in [0.717, 1.165) is 25.3 Å². The van der Waals surface area contributed by atoms with E-state index < -0.39 is 0 Å². The van der Waals surface area contributed by atoms with Crippen LogP contribution in [0.5, 0.6) is 0 Å². The number of anilines is 1. The standard InChI is InChI=1S/C10H16ClN3/c1-2-6-14(7-5-12)10-4-3-9(11)8-13-10/h3-4,8H,2,5-7,12H2,1H3. The zero-order valence-electron chi connectivity index (χ0n) is 8.41. The van der Waals surface area contributed by atoms with Crippen LogP contribution >= 0.6 is 11.6 Å². The van der Waals surface area contributed by atoms with Crippen molar-refractivity contribution in [2.24, 2.45) is 5.73 Å². The lowest BCUT2D eigenvalue weighted by Gasteiger charge is -2.22. The van der Waals surface area contributed by atoms with Crippen LogP contribution in [0.3, 0.4) is 0 Å². The van der Waals surface area contributed by atoms with Crippen LogP contribution in [-0.2, 0) is 0 Å². The molecule has 78 valence electrons. The van der Waals surface area contributed by atoms with Crippen LogP contribution in [0, 0.1) is 0 Å². The Bertz CT molecular complexity index is 255. The molecule has 2 N–H and O–H groups in total. The molecule has 0 aliphatic heterocycles. The minimum Gasteiger partial charge on any atom is -0.355 e. The van der Waals surface area contributed by atoms with E-state index in [1.165, 1.54) is 0 Å². The van der Waals surface area contributed by atoms with E-state index >= 15 is 0 Å². The van der Waals surface area contributed by atoms with Crippen LogP contribution in [0.4, 0.5) is 5.82 Å². The summed E-state index contributed by atoms with van der Waals surface area (Å²) in [6.07, 6.45) is 2.75. The van der Waals surface area contributed by atoms with Crippen molar-refractivity contribution in [3.8, 4) is 0 Å². The molecule has 0 aliphatic carbocycles. The smallest absolute Gasteiger partial charge is 0.128 e. The first kappa shape index (κ1) is 11.3. The van der Waals surface area contributed by atoms with E-state index in [4.69, 9.17) is 17.3 Å². The SMILES string of the molecule is CCCN(CCN)c1ccc(Cl)cn1. The third kappa shape index (κ3) is 3.16. The number of nitrogens with two attached hydrogens (primary N) is 1. The monoisotopic (exact) mass is 213 g/mol. The average Bonchev–Trinajstić information content (AvgIpc) is 2.19. The molecule has 0 saturated heterocycles. The van der Waals surface area contributed by atoms with Crippen LogP contribution < -0.4 is 10.6 Å². The molecule has 0 aliphatic rings. The van der Waals surface area contributed by atoms with Gasteiger partial charge in [-0.1, -0.05) is 18.5 Å². The summed E-state index contributed by atoms with van der Waals surface area (Å²) in [4.78, 5) is 6.42. The van der Waals surface area contributed by atoms with Gasteiger partial charge in [0.25, 0.3) is 0 Å². The van der Waals surface area contributed by atoms with Crippen molar-refractivity contribution in [1.82, 2.24) is 4.98 Å². The lowest BCUT2D eigenvalue weighted by atomic mass is 10.3. The van der Waals surface area contributed by atoms with Gasteiger partial charge in [0.1, 0.15) is 5.82 Å². The van der Waals surface area contributed by atoms with E-state index in [2.05, 4.69) is 16.8 Å². The first-order valence-corrected chi connectivity index (χ1v) is 5.22. The molecule has 1 aromatic rings. The average molecular weight is 214 g/mol. The summed E-state index contributed by atoms with van der Waals surface area (Å²) in [5.74, 6) is 0.946. The molecule has 0 radical (unpaired) electrons. The molecular weight excluding hydrogens is 198 g/mol. The molecule has 1 rings (SSSR count). The van der Waals surface area contributed by atoms with E-state index in [0.29, 0.717) is 11.6 Å². The summed E-state index contributed by atoms with van der Waals surface area (Å²) in [6.45, 7) is 4.60. The highest BCUT2D eigenvalue weighted by atomic mass is 35.5. The molecule has 4 heteroatoms. The van der Waals surface area contributed by atoms with Crippen LogP contribution in [-0.4, -0.2) is 24.6 Å². The minimum atomic E-state index is 0.643. The molecule has 0 spiro atoms. The highest BCUT2D eigenvalue weighted by molar-refractivity contribution is 6.30. The van der Waals surface area contributed by atoms with Crippen molar-refractivity contribution >= 4 is 17.4 Å². The van der Waals surface area contributed by atoms with E-state index in [9.17, 15) is 0 Å². The Balaban J connectivity index is 2.71. The third-order valence-corrected chi connectivity index (χ3v) is 2.15. The first-order chi connectivity index (χ1) is 6.77. The Morgan fingerprint density at radius 2 is 2.21 bits per heavy atom. The minimum absolute atomic E-state index is 0.643. The van der Waals surface area contributed by atoms with E-state index in [1.807, 2.05) is 12.1 Å². The second kappa shape index (κ2) is 5.83. The van der Waals surface area contributed by atoms with Crippen molar-refractivity contribution < 1.29 is 0 Å². The van der Waals surface area contributed by atoms with Crippen LogP contribution in [0.2, 0.25) is 5.02 Å². The molecule has 1 aromatic heterocycles. The van der Waals surface area contributed by atoms with Crippen molar-refractivity contribution in [1.29, 1.82) is 0 Å². The highest BCUT2D eigenvalue weighted by Gasteiger charge is 2.04. The third-order valence-electron chi connectivity index (χ3n) is 1.93. The summed E-state index contributed by atoms with van der Waals surface area (Å²) in [5.41, 5.74) is 5.53. The fourth-order valence-electron chi connectivity index (χ4n) is 1.32. The van der Waals surface area contributed by atoms with Gasteiger partial charge < -0.3 is 10.6 Å². The van der Waals surface area contributed by atoms with Crippen molar-refractivity contribution in [2.45, 2.75) is 13.3 Å². The number of hydrogen-bond acceptors (Lipinski definition) is 3. The van der Waals surface area contributed by atoms with E-state index in [-0.39, 0.29) is 0 Å². The Labute approximate surface area is 89.9 Å². The lowest BCUT2D eigenvalue weighted by Crippen LogP contribution is -2.30. The number of aromatic nitrogens is 1. The fraction of sp³-hybridized carbons (Fsp3) is 0.500. The summed E-state index contributed by atoms with van der Waals surface area (Å²) in [6, 6.07) is 3.77. The summed E-state index contributed by atoms with van der Waals surface area (Å²) < 4.78 is 0. The maximum Gasteiger partial charge on any atom is 0.128 e. The quantitative estimate of drug-likeness (QED) is 0.813. The highest BCUT2D eigenvalue weighted by Crippen LogP contribution is 2.13. The molecule has 0 saturated carbocycles. The lowest BCUT2D eigenvalue weighted by molar-refractivity contribution is 0.751. The predicted octanol–water partition coefficient (Wildman–Crippen LogP) is 1.91. The largest absolute Gasteiger partial charge is 0.355 e. The molecule has 0 atom stereocenters. The van der Waals surface area contributed by atoms with E-state index in [1.54, 1.807) is 6.20 Å². The van der Waals surface area contributed by atoms with Gasteiger partial charge >= 0.3 is 0 Å². The normalized spacial score (nSPS) is 10.2. The van der Waals surface area contributed by atoms with Crippen molar-refractivity contribution in [3.63, 3.8) is 0 Å². The fourth-order valence-corrected chi connectivity index (χ4v) is 1.43. The number of nitrogens with zero attached hydrogens (tertiary/aromatic N) is 2. The van der Waals surface area contributed by atoms with Gasteiger partial charge in [0.15, 0.2) is 0 Å². The van der Waals surface area contributed by atoms with Crippen LogP contribution in [0.1, 0.15) is 13.3 Å². The Hall–Kier alpha value is -0.800. The molecule has 0 bridgehead atoms. The van der Waals surface area contributed by atoms with Crippen LogP contribution in [0.25, 0.3) is 0 Å².